The summed E-state index contributed by atoms with van der Waals surface area (Å²) in [5.74, 6) is 0.230. The fourth-order valence-corrected chi connectivity index (χ4v) is 8.86. The van der Waals surface area contributed by atoms with Crippen LogP contribution in [0, 0.1) is 19.9 Å². The molecule has 0 aliphatic carbocycles. The van der Waals surface area contributed by atoms with Crippen LogP contribution in [0.3, 0.4) is 0 Å². The van der Waals surface area contributed by atoms with Gasteiger partial charge in [0, 0.05) is 45.6 Å². The van der Waals surface area contributed by atoms with Crippen LogP contribution in [0.1, 0.15) is 90.5 Å². The van der Waals surface area contributed by atoms with Gasteiger partial charge in [-0.05, 0) is 111 Å². The summed E-state index contributed by atoms with van der Waals surface area (Å²) in [6.45, 7) is 21.3. The zero-order valence-corrected chi connectivity index (χ0v) is 41.9. The number of aromatic hydroxyl groups is 1. The van der Waals surface area contributed by atoms with Crippen LogP contribution in [0.5, 0.6) is 5.75 Å². The summed E-state index contributed by atoms with van der Waals surface area (Å²) in [5.41, 5.74) is 18.2. The molecule has 2 heterocycles. The van der Waals surface area contributed by atoms with Crippen molar-refractivity contribution in [2.75, 3.05) is 0 Å². The van der Waals surface area contributed by atoms with Gasteiger partial charge < -0.3 is 5.11 Å². The first-order chi connectivity index (χ1) is 31.3. The Morgan fingerprint density at radius 2 is 1.26 bits per heavy atom. The number of nitrogens with zero attached hydrogens (tertiary/aromatic N) is 3. The van der Waals surface area contributed by atoms with E-state index in [-0.39, 0.29) is 37.6 Å². The summed E-state index contributed by atoms with van der Waals surface area (Å²) in [6, 6.07) is 56.8. The standard InChI is InChI=1S/C61H58N3O.Pt/c1-38(2)41-24-26-43(27-25-41)45-28-29-62-55(34-45)48-32-46(42-18-13-11-14-19-42)31-47(33-48)51-22-17-23-56-57(51)63-59(53-35-49(60(5,6)7)36-54(58(53)65)61(8,9)10)64(56)50-30-39(3)40(4)52(37-50)44-20-15-12-16-21-44;/h11-32,34-38,65H,1-10H3;/q-1;/i38D;. The summed E-state index contributed by atoms with van der Waals surface area (Å²) in [6.07, 6.45) is 1.86. The monoisotopic (exact) mass is 1040 g/mol. The largest absolute Gasteiger partial charge is 0.507 e. The van der Waals surface area contributed by atoms with Gasteiger partial charge in [0.05, 0.1) is 16.6 Å². The average molecular weight is 1050 g/mol. The second kappa shape index (κ2) is 18.1. The molecule has 0 unspecified atom stereocenters. The molecular formula is C61H58N3OPt-. The van der Waals surface area contributed by atoms with Crippen LogP contribution in [-0.4, -0.2) is 19.6 Å². The molecule has 334 valence electrons. The number of hydrogen-bond donors (Lipinski definition) is 1. The molecule has 66 heavy (non-hydrogen) atoms. The maximum atomic E-state index is 12.5. The number of hydrogen-bond acceptors (Lipinski definition) is 3. The van der Waals surface area contributed by atoms with E-state index in [4.69, 9.17) is 11.3 Å². The minimum atomic E-state index is -0.680. The molecule has 2 aromatic heterocycles. The summed E-state index contributed by atoms with van der Waals surface area (Å²) in [4.78, 5) is 10.6. The molecule has 0 spiro atoms. The molecular weight excluding hydrogens is 986 g/mol. The summed E-state index contributed by atoms with van der Waals surface area (Å²) < 4.78 is 10.8. The van der Waals surface area contributed by atoms with Gasteiger partial charge in [-0.2, -0.15) is 0 Å². The van der Waals surface area contributed by atoms with Crippen LogP contribution in [-0.2, 0) is 31.9 Å². The van der Waals surface area contributed by atoms with E-state index < -0.39 is 5.89 Å². The van der Waals surface area contributed by atoms with Crippen LogP contribution in [0.4, 0.5) is 0 Å². The van der Waals surface area contributed by atoms with E-state index >= 15 is 0 Å². The van der Waals surface area contributed by atoms with Gasteiger partial charge in [0.15, 0.2) is 0 Å². The zero-order valence-electron chi connectivity index (χ0n) is 40.6. The quantitative estimate of drug-likeness (QED) is 0.154. The van der Waals surface area contributed by atoms with Crippen molar-refractivity contribution < 1.29 is 27.5 Å². The van der Waals surface area contributed by atoms with E-state index in [1.165, 1.54) is 5.56 Å². The second-order valence-corrected chi connectivity index (χ2v) is 19.7. The van der Waals surface area contributed by atoms with Crippen LogP contribution >= 0.6 is 0 Å². The van der Waals surface area contributed by atoms with Crippen molar-refractivity contribution in [2.24, 2.45) is 0 Å². The van der Waals surface area contributed by atoms with Crippen molar-refractivity contribution in [3.63, 3.8) is 0 Å². The molecule has 9 rings (SSSR count). The number of phenolic OH excluding ortho intramolecular Hbond substituents is 1. The molecule has 0 fully saturated rings. The molecule has 4 nitrogen and oxygen atoms in total. The fourth-order valence-electron chi connectivity index (χ4n) is 8.86. The van der Waals surface area contributed by atoms with Crippen molar-refractivity contribution in [1.82, 2.24) is 14.5 Å². The summed E-state index contributed by atoms with van der Waals surface area (Å²) in [7, 11) is 0. The van der Waals surface area contributed by atoms with Gasteiger partial charge in [0.2, 0.25) is 0 Å². The molecule has 7 aromatic carbocycles. The van der Waals surface area contributed by atoms with Crippen molar-refractivity contribution >= 4 is 11.0 Å². The van der Waals surface area contributed by atoms with Gasteiger partial charge in [-0.3, -0.25) is 9.55 Å². The number of para-hydroxylation sites is 1. The van der Waals surface area contributed by atoms with E-state index in [0.29, 0.717) is 11.4 Å². The molecule has 0 aliphatic rings. The Kier molecular flexibility index (Phi) is 12.3. The molecule has 0 radical (unpaired) electrons. The molecule has 1 N–H and O–H groups in total. The van der Waals surface area contributed by atoms with Crippen LogP contribution in [0.25, 0.3) is 83.9 Å². The Bertz CT molecular complexity index is 3260. The van der Waals surface area contributed by atoms with E-state index in [9.17, 15) is 5.11 Å². The third-order valence-electron chi connectivity index (χ3n) is 12.8. The van der Waals surface area contributed by atoms with Gasteiger partial charge in [-0.1, -0.05) is 181 Å². The number of benzene rings is 7. The van der Waals surface area contributed by atoms with Crippen molar-refractivity contribution in [3.8, 4) is 78.6 Å². The number of aryl methyl sites for hydroxylation is 1. The average Bonchev–Trinajstić information content (AvgIpc) is 3.69. The molecule has 0 saturated carbocycles. The van der Waals surface area contributed by atoms with Gasteiger partial charge in [0.25, 0.3) is 0 Å². The van der Waals surface area contributed by atoms with E-state index in [2.05, 4.69) is 193 Å². The molecule has 0 bridgehead atoms. The second-order valence-electron chi connectivity index (χ2n) is 19.7. The first-order valence-electron chi connectivity index (χ1n) is 23.1. The maximum absolute atomic E-state index is 12.5. The number of aromatic nitrogens is 3. The van der Waals surface area contributed by atoms with Crippen molar-refractivity contribution in [2.45, 2.75) is 86.0 Å². The van der Waals surface area contributed by atoms with E-state index in [1.807, 2.05) is 44.3 Å². The first-order valence-corrected chi connectivity index (χ1v) is 22.6. The predicted molar refractivity (Wildman–Crippen MR) is 273 cm³/mol. The maximum Gasteiger partial charge on any atom is 0.148 e. The Balaban J connectivity index is 0.00000608. The normalized spacial score (nSPS) is 12.2. The van der Waals surface area contributed by atoms with Gasteiger partial charge in [-0.15, -0.1) is 23.8 Å². The van der Waals surface area contributed by atoms with Gasteiger partial charge in [-0.25, -0.2) is 4.98 Å². The number of phenols is 1. The van der Waals surface area contributed by atoms with Crippen LogP contribution in [0.15, 0.2) is 158 Å². The number of pyridine rings is 1. The molecule has 0 aliphatic heterocycles. The Morgan fingerprint density at radius 3 is 1.91 bits per heavy atom. The predicted octanol–water partition coefficient (Wildman–Crippen LogP) is 16.3. The number of fused-ring (bicyclic) bond motifs is 1. The molecule has 0 amide bonds. The van der Waals surface area contributed by atoms with E-state index in [0.717, 1.165) is 94.7 Å². The summed E-state index contributed by atoms with van der Waals surface area (Å²) in [5, 5.41) is 12.5. The molecule has 0 atom stereocenters. The fraction of sp³-hybridized carbons (Fsp3) is 0.213. The SMILES string of the molecule is [2H]C(C)(C)c1ccc(-c2ccnc(-c3[c-]c(-c4cccc5c4nc(-c4cc(C(C)(C)C)cc(C(C)(C)C)c4O)n5-c4cc(C)c(C)c(-c5ccccc5)c4)cc(-c4ccccc4)c3)c2)cc1.[Pt]. The Hall–Kier alpha value is -6.35. The summed E-state index contributed by atoms with van der Waals surface area (Å²) >= 11 is 0. The van der Waals surface area contributed by atoms with Crippen molar-refractivity contribution in [3.05, 3.63) is 192 Å². The molecule has 9 aromatic rings. The third kappa shape index (κ3) is 8.97. The van der Waals surface area contributed by atoms with Crippen LogP contribution < -0.4 is 0 Å². The Labute approximate surface area is 407 Å². The van der Waals surface area contributed by atoms with Gasteiger partial charge >= 0.3 is 0 Å². The molecule has 0 saturated heterocycles. The number of rotatable bonds is 8. The minimum absolute atomic E-state index is 0. The first kappa shape index (κ1) is 44.8. The Morgan fingerprint density at radius 1 is 0.606 bits per heavy atom. The third-order valence-corrected chi connectivity index (χ3v) is 12.8. The smallest absolute Gasteiger partial charge is 0.148 e. The number of imidazole rings is 1. The van der Waals surface area contributed by atoms with Gasteiger partial charge in [0.1, 0.15) is 11.6 Å². The minimum Gasteiger partial charge on any atom is -0.507 e. The topological polar surface area (TPSA) is 50.9 Å². The molecule has 5 heteroatoms. The van der Waals surface area contributed by atoms with E-state index in [1.54, 1.807) is 0 Å². The van der Waals surface area contributed by atoms with Crippen molar-refractivity contribution in [1.29, 1.82) is 0 Å². The van der Waals surface area contributed by atoms with Crippen LogP contribution in [0.2, 0.25) is 0 Å². The zero-order chi connectivity index (χ0) is 46.7.